The van der Waals surface area contributed by atoms with Crippen LogP contribution in [0.5, 0.6) is 0 Å². The minimum atomic E-state index is -0.158. The summed E-state index contributed by atoms with van der Waals surface area (Å²) >= 11 is 0. The summed E-state index contributed by atoms with van der Waals surface area (Å²) in [5.74, 6) is 6.12. The van der Waals surface area contributed by atoms with Crippen molar-refractivity contribution in [3.63, 3.8) is 0 Å². The molecule has 172 valence electrons. The number of hydrogen-bond donors (Lipinski definition) is 1. The molecule has 0 aromatic heterocycles. The van der Waals surface area contributed by atoms with Crippen LogP contribution in [0.3, 0.4) is 0 Å². The number of fused-ring (bicyclic) bond motifs is 5. The average molecular weight is 417 g/mol. The van der Waals surface area contributed by atoms with E-state index in [-0.39, 0.29) is 16.9 Å². The van der Waals surface area contributed by atoms with Gasteiger partial charge in [-0.3, -0.25) is 4.79 Å². The first-order valence-electron chi connectivity index (χ1n) is 13.3. The summed E-state index contributed by atoms with van der Waals surface area (Å²) < 4.78 is 0. The Morgan fingerprint density at radius 2 is 1.73 bits per heavy atom. The van der Waals surface area contributed by atoms with E-state index in [1.807, 2.05) is 0 Å². The zero-order valence-electron chi connectivity index (χ0n) is 20.6. The van der Waals surface area contributed by atoms with E-state index in [1.165, 1.54) is 38.5 Å². The van der Waals surface area contributed by atoms with Gasteiger partial charge in [0.1, 0.15) is 5.78 Å². The van der Waals surface area contributed by atoms with E-state index in [2.05, 4.69) is 41.5 Å². The van der Waals surface area contributed by atoms with Crippen LogP contribution in [-0.4, -0.2) is 17.0 Å². The number of hydrogen-bond acceptors (Lipinski definition) is 2. The minimum absolute atomic E-state index is 0.106. The molecule has 30 heavy (non-hydrogen) atoms. The number of rotatable bonds is 5. The Morgan fingerprint density at radius 3 is 2.43 bits per heavy atom. The van der Waals surface area contributed by atoms with Gasteiger partial charge in [-0.05, 0) is 96.7 Å². The first kappa shape index (κ1) is 22.8. The van der Waals surface area contributed by atoms with Crippen LogP contribution in [0.2, 0.25) is 0 Å². The summed E-state index contributed by atoms with van der Waals surface area (Å²) in [6.07, 6.45) is 11.3. The lowest BCUT2D eigenvalue weighted by molar-refractivity contribution is -0.170. The quantitative estimate of drug-likeness (QED) is 0.529. The third-order valence-electron chi connectivity index (χ3n) is 11.6. The van der Waals surface area contributed by atoms with Gasteiger partial charge in [-0.2, -0.15) is 0 Å². The maximum Gasteiger partial charge on any atom is 0.133 e. The minimum Gasteiger partial charge on any atom is -0.393 e. The highest BCUT2D eigenvalue weighted by Gasteiger charge is 2.63. The molecular weight excluding hydrogens is 368 g/mol. The Kier molecular flexibility index (Phi) is 6.23. The number of aliphatic hydroxyl groups is 1. The molecule has 4 rings (SSSR count). The molecule has 1 N–H and O–H groups in total. The van der Waals surface area contributed by atoms with Gasteiger partial charge in [0.25, 0.3) is 0 Å². The number of carbonyl (C=O) groups is 1. The number of ketones is 1. The normalized spacial score (nSPS) is 48.1. The lowest BCUT2D eigenvalue weighted by atomic mass is 9.44. The fourth-order valence-electron chi connectivity index (χ4n) is 9.03. The second kappa shape index (κ2) is 8.20. The van der Waals surface area contributed by atoms with Gasteiger partial charge >= 0.3 is 0 Å². The van der Waals surface area contributed by atoms with Crippen LogP contribution in [0.25, 0.3) is 0 Å². The molecule has 4 fully saturated rings. The molecule has 0 amide bonds. The van der Waals surface area contributed by atoms with Gasteiger partial charge < -0.3 is 5.11 Å². The van der Waals surface area contributed by atoms with E-state index in [9.17, 15) is 9.90 Å². The van der Waals surface area contributed by atoms with Gasteiger partial charge in [-0.1, -0.05) is 54.4 Å². The summed E-state index contributed by atoms with van der Waals surface area (Å²) in [5, 5.41) is 11.7. The van der Waals surface area contributed by atoms with E-state index in [1.54, 1.807) is 0 Å². The number of carbonyl (C=O) groups excluding carboxylic acids is 1. The third-order valence-corrected chi connectivity index (χ3v) is 11.6. The number of aliphatic hydroxyl groups excluding tert-OH is 1. The van der Waals surface area contributed by atoms with Gasteiger partial charge in [0, 0.05) is 12.8 Å². The van der Waals surface area contributed by atoms with Gasteiger partial charge in [-0.15, -0.1) is 0 Å². The molecule has 4 aliphatic carbocycles. The van der Waals surface area contributed by atoms with E-state index in [0.29, 0.717) is 35.4 Å². The molecular formula is C28H48O2. The van der Waals surface area contributed by atoms with E-state index in [0.717, 1.165) is 43.4 Å². The second-order valence-corrected chi connectivity index (χ2v) is 13.0. The van der Waals surface area contributed by atoms with E-state index >= 15 is 0 Å². The molecule has 0 bridgehead atoms. The van der Waals surface area contributed by atoms with Gasteiger partial charge in [0.05, 0.1) is 6.10 Å². The van der Waals surface area contributed by atoms with Crippen molar-refractivity contribution in [3.05, 3.63) is 0 Å². The van der Waals surface area contributed by atoms with Crippen LogP contribution >= 0.6 is 0 Å². The molecule has 0 heterocycles. The van der Waals surface area contributed by atoms with Crippen molar-refractivity contribution in [2.24, 2.45) is 58.2 Å². The second-order valence-electron chi connectivity index (χ2n) is 13.0. The summed E-state index contributed by atoms with van der Waals surface area (Å²) in [5.41, 5.74) is 0.394. The van der Waals surface area contributed by atoms with Crippen molar-refractivity contribution in [2.45, 2.75) is 112 Å². The maximum absolute atomic E-state index is 12.1. The van der Waals surface area contributed by atoms with E-state index < -0.39 is 0 Å². The Morgan fingerprint density at radius 1 is 1.00 bits per heavy atom. The van der Waals surface area contributed by atoms with Gasteiger partial charge in [0.2, 0.25) is 0 Å². The predicted octanol–water partition coefficient (Wildman–Crippen LogP) is 6.89. The monoisotopic (exact) mass is 416 g/mol. The van der Waals surface area contributed by atoms with Crippen LogP contribution in [-0.2, 0) is 4.79 Å². The molecule has 2 heteroatoms. The van der Waals surface area contributed by atoms with Crippen molar-refractivity contribution in [1.29, 1.82) is 0 Å². The van der Waals surface area contributed by atoms with Gasteiger partial charge in [-0.25, -0.2) is 0 Å². The van der Waals surface area contributed by atoms with E-state index in [4.69, 9.17) is 0 Å². The van der Waals surface area contributed by atoms with Crippen molar-refractivity contribution in [1.82, 2.24) is 0 Å². The topological polar surface area (TPSA) is 37.3 Å². The Bertz CT molecular complexity index is 641. The van der Waals surface area contributed by atoms with Crippen LogP contribution in [0.1, 0.15) is 106 Å². The summed E-state index contributed by atoms with van der Waals surface area (Å²) in [6.45, 7) is 14.5. The van der Waals surface area contributed by atoms with Gasteiger partial charge in [0.15, 0.2) is 0 Å². The van der Waals surface area contributed by atoms with Crippen LogP contribution < -0.4 is 0 Å². The van der Waals surface area contributed by atoms with Crippen molar-refractivity contribution < 1.29 is 9.90 Å². The summed E-state index contributed by atoms with van der Waals surface area (Å²) in [6, 6.07) is 0. The molecule has 2 nitrogen and oxygen atoms in total. The van der Waals surface area contributed by atoms with Crippen molar-refractivity contribution >= 4 is 5.78 Å². The molecule has 4 aliphatic rings. The largest absolute Gasteiger partial charge is 0.393 e. The summed E-state index contributed by atoms with van der Waals surface area (Å²) in [7, 11) is 0. The molecule has 0 spiro atoms. The molecule has 0 aromatic rings. The molecule has 0 aliphatic heterocycles. The molecule has 4 saturated carbocycles. The average Bonchev–Trinajstić information content (AvgIpc) is 3.06. The third kappa shape index (κ3) is 3.52. The predicted molar refractivity (Wildman–Crippen MR) is 124 cm³/mol. The van der Waals surface area contributed by atoms with Crippen LogP contribution in [0.15, 0.2) is 0 Å². The summed E-state index contributed by atoms with van der Waals surface area (Å²) in [4.78, 5) is 12.1. The first-order valence-corrected chi connectivity index (χ1v) is 13.3. The Balaban J connectivity index is 1.52. The van der Waals surface area contributed by atoms with Crippen molar-refractivity contribution in [2.75, 3.05) is 0 Å². The highest BCUT2D eigenvalue weighted by atomic mass is 16.3. The molecule has 10 unspecified atom stereocenters. The maximum atomic E-state index is 12.1. The zero-order valence-corrected chi connectivity index (χ0v) is 20.6. The van der Waals surface area contributed by atoms with Crippen molar-refractivity contribution in [3.8, 4) is 0 Å². The highest BCUT2D eigenvalue weighted by Crippen LogP contribution is 2.68. The van der Waals surface area contributed by atoms with Crippen LogP contribution in [0, 0.1) is 58.2 Å². The fourth-order valence-corrected chi connectivity index (χ4v) is 9.03. The number of Topliss-reactive ketones (excluding diaryl/α,β-unsaturated/α-hetero) is 1. The fraction of sp³-hybridized carbons (Fsp3) is 0.964. The SMILES string of the molecule is CC(C)C(C)CCC(C)C1CCC2C3CCC4CC(=O)CCC4(C)C3CC(O)C12C. The Hall–Kier alpha value is -0.370. The lowest BCUT2D eigenvalue weighted by Crippen LogP contribution is -2.58. The standard InChI is InChI=1S/C28H48O2/c1-17(2)18(3)7-8-19(4)23-11-12-24-22-10-9-20-15-21(29)13-14-27(20,5)25(22)16-26(30)28(23,24)6/h17-20,22-26,30H,7-16H2,1-6H3. The van der Waals surface area contributed by atoms with Crippen LogP contribution in [0.4, 0.5) is 0 Å². The first-order chi connectivity index (χ1) is 14.1. The molecule has 0 saturated heterocycles. The molecule has 0 radical (unpaired) electrons. The Labute approximate surface area is 186 Å². The highest BCUT2D eigenvalue weighted by molar-refractivity contribution is 5.79. The zero-order chi connectivity index (χ0) is 21.8. The lowest BCUT2D eigenvalue weighted by Gasteiger charge is -2.62. The molecule has 0 aromatic carbocycles. The molecule has 10 atom stereocenters. The smallest absolute Gasteiger partial charge is 0.133 e.